The van der Waals surface area contributed by atoms with Crippen LogP contribution in [-0.4, -0.2) is 32.3 Å². The van der Waals surface area contributed by atoms with Gasteiger partial charge >= 0.3 is 5.97 Å². The molecule has 1 aliphatic rings. The minimum atomic E-state index is -0.349. The van der Waals surface area contributed by atoms with Gasteiger partial charge in [0.25, 0.3) is 0 Å². The highest BCUT2D eigenvalue weighted by atomic mass is 79.9. The Bertz CT molecular complexity index is 522. The lowest BCUT2D eigenvalue weighted by molar-refractivity contribution is 0.0601. The smallest absolute Gasteiger partial charge is 0.340 e. The number of hydrogen-bond acceptors (Lipinski definition) is 4. The fraction of sp³-hybridized carbons (Fsp3) is 0.533. The molecule has 0 aliphatic heterocycles. The Labute approximate surface area is 141 Å². The third-order valence-corrected chi connectivity index (χ3v) is 4.85. The Morgan fingerprint density at radius 2 is 2.05 bits per heavy atom. The molecule has 1 fully saturated rings. The van der Waals surface area contributed by atoms with Gasteiger partial charge in [0.2, 0.25) is 0 Å². The lowest BCUT2D eigenvalue weighted by atomic mass is 9.92. The van der Waals surface area contributed by atoms with E-state index in [1.54, 1.807) is 13.2 Å². The van der Waals surface area contributed by atoms with Crippen molar-refractivity contribution in [3.63, 3.8) is 0 Å². The second-order valence-corrected chi connectivity index (χ2v) is 6.94. The van der Waals surface area contributed by atoms with Gasteiger partial charge in [-0.3, -0.25) is 0 Å². The van der Waals surface area contributed by atoms with Crippen LogP contribution in [0.3, 0.4) is 0 Å². The van der Waals surface area contributed by atoms with Gasteiger partial charge in [-0.05, 0) is 53.7 Å². The summed E-state index contributed by atoms with van der Waals surface area (Å²) in [5.74, 6) is -0.349. The first-order chi connectivity index (χ1) is 10.0. The summed E-state index contributed by atoms with van der Waals surface area (Å²) in [6.45, 7) is 0. The summed E-state index contributed by atoms with van der Waals surface area (Å²) in [4.78, 5) is 12.0. The molecule has 21 heavy (non-hydrogen) atoms. The maximum absolute atomic E-state index is 12.0. The number of hydrogen-bond donors (Lipinski definition) is 1. The van der Waals surface area contributed by atoms with Crippen LogP contribution >= 0.6 is 31.9 Å². The molecule has 0 radical (unpaired) electrons. The molecular weight excluding hydrogens is 402 g/mol. The third kappa shape index (κ3) is 4.20. The molecule has 1 aromatic rings. The van der Waals surface area contributed by atoms with Crippen LogP contribution in [0.1, 0.15) is 36.0 Å². The lowest BCUT2D eigenvalue weighted by Crippen LogP contribution is -2.31. The highest BCUT2D eigenvalue weighted by molar-refractivity contribution is 9.11. The minimum absolute atomic E-state index is 0.284. The minimum Gasteiger partial charge on any atom is -0.465 e. The van der Waals surface area contributed by atoms with Gasteiger partial charge < -0.3 is 14.8 Å². The zero-order valence-corrected chi connectivity index (χ0v) is 15.3. The topological polar surface area (TPSA) is 47.6 Å². The molecule has 0 saturated heterocycles. The fourth-order valence-corrected chi connectivity index (χ4v) is 4.03. The molecule has 2 atom stereocenters. The SMILES string of the molecule is COC(=O)c1cc(Br)cc(Br)c1NC1CCCC(OC)C1. The van der Waals surface area contributed by atoms with Gasteiger partial charge in [-0.25, -0.2) is 4.79 Å². The van der Waals surface area contributed by atoms with E-state index in [1.807, 2.05) is 6.07 Å². The number of ether oxygens (including phenoxy) is 2. The molecule has 1 aromatic carbocycles. The molecule has 116 valence electrons. The molecule has 1 N–H and O–H groups in total. The van der Waals surface area contributed by atoms with E-state index in [0.717, 1.165) is 40.3 Å². The third-order valence-electron chi connectivity index (χ3n) is 3.77. The molecule has 1 saturated carbocycles. The predicted molar refractivity (Wildman–Crippen MR) is 89.9 cm³/mol. The molecular formula is C15H19Br2NO3. The molecule has 4 nitrogen and oxygen atoms in total. The number of rotatable bonds is 4. The Kier molecular flexibility index (Phi) is 6.08. The molecule has 2 unspecified atom stereocenters. The highest BCUT2D eigenvalue weighted by Gasteiger charge is 2.24. The molecule has 0 bridgehead atoms. The van der Waals surface area contributed by atoms with Crippen molar-refractivity contribution >= 4 is 43.5 Å². The second-order valence-electron chi connectivity index (χ2n) is 5.17. The Morgan fingerprint density at radius 1 is 1.29 bits per heavy atom. The van der Waals surface area contributed by atoms with Crippen molar-refractivity contribution in [1.82, 2.24) is 0 Å². The van der Waals surface area contributed by atoms with Gasteiger partial charge in [0, 0.05) is 22.1 Å². The quantitative estimate of drug-likeness (QED) is 0.734. The number of benzene rings is 1. The van der Waals surface area contributed by atoms with Crippen molar-refractivity contribution in [3.8, 4) is 0 Å². The normalized spacial score (nSPS) is 21.9. The van der Waals surface area contributed by atoms with E-state index in [-0.39, 0.29) is 12.1 Å². The van der Waals surface area contributed by atoms with E-state index in [0.29, 0.717) is 11.6 Å². The van der Waals surface area contributed by atoms with E-state index in [4.69, 9.17) is 9.47 Å². The summed E-state index contributed by atoms with van der Waals surface area (Å²) in [7, 11) is 3.14. The number of anilines is 1. The number of carbonyl (C=O) groups is 1. The summed E-state index contributed by atoms with van der Waals surface area (Å²) in [5.41, 5.74) is 1.31. The summed E-state index contributed by atoms with van der Waals surface area (Å²) in [6.07, 6.45) is 4.52. The van der Waals surface area contributed by atoms with Crippen molar-refractivity contribution < 1.29 is 14.3 Å². The van der Waals surface area contributed by atoms with Gasteiger partial charge in [0.15, 0.2) is 0 Å². The number of halogens is 2. The van der Waals surface area contributed by atoms with Crippen molar-refractivity contribution in [2.45, 2.75) is 37.8 Å². The van der Waals surface area contributed by atoms with E-state index in [1.165, 1.54) is 7.11 Å². The second kappa shape index (κ2) is 7.61. The van der Waals surface area contributed by atoms with Crippen LogP contribution in [0.25, 0.3) is 0 Å². The maximum Gasteiger partial charge on any atom is 0.340 e. The largest absolute Gasteiger partial charge is 0.465 e. The number of nitrogens with one attached hydrogen (secondary N) is 1. The summed E-state index contributed by atoms with van der Waals surface area (Å²) in [6, 6.07) is 3.99. The predicted octanol–water partition coefficient (Wildman–Crippen LogP) is 4.37. The van der Waals surface area contributed by atoms with E-state index < -0.39 is 0 Å². The van der Waals surface area contributed by atoms with Gasteiger partial charge in [0.05, 0.1) is 24.5 Å². The van der Waals surface area contributed by atoms with Gasteiger partial charge in [-0.1, -0.05) is 15.9 Å². The average molecular weight is 421 g/mol. The van der Waals surface area contributed by atoms with E-state index >= 15 is 0 Å². The van der Waals surface area contributed by atoms with Crippen LogP contribution in [0.5, 0.6) is 0 Å². The number of carbonyl (C=O) groups excluding carboxylic acids is 1. The first-order valence-corrected chi connectivity index (χ1v) is 8.50. The summed E-state index contributed by atoms with van der Waals surface area (Å²) >= 11 is 6.93. The van der Waals surface area contributed by atoms with Crippen molar-refractivity contribution in [1.29, 1.82) is 0 Å². The van der Waals surface area contributed by atoms with Crippen molar-refractivity contribution in [2.24, 2.45) is 0 Å². The molecule has 0 amide bonds. The van der Waals surface area contributed by atoms with Gasteiger partial charge in [-0.2, -0.15) is 0 Å². The van der Waals surface area contributed by atoms with Crippen LogP contribution in [0.4, 0.5) is 5.69 Å². The van der Waals surface area contributed by atoms with E-state index in [2.05, 4.69) is 37.2 Å². The molecule has 0 heterocycles. The van der Waals surface area contributed by atoms with Crippen LogP contribution in [-0.2, 0) is 9.47 Å². The Morgan fingerprint density at radius 3 is 2.71 bits per heavy atom. The first-order valence-electron chi connectivity index (χ1n) is 6.91. The fourth-order valence-electron chi connectivity index (χ4n) is 2.69. The van der Waals surface area contributed by atoms with Crippen LogP contribution < -0.4 is 5.32 Å². The molecule has 2 rings (SSSR count). The van der Waals surface area contributed by atoms with Gasteiger partial charge in [0.1, 0.15) is 0 Å². The number of methoxy groups -OCH3 is 2. The van der Waals surface area contributed by atoms with Crippen molar-refractivity contribution in [3.05, 3.63) is 26.6 Å². The molecule has 0 spiro atoms. The van der Waals surface area contributed by atoms with E-state index in [9.17, 15) is 4.79 Å². The van der Waals surface area contributed by atoms with Crippen LogP contribution in [0, 0.1) is 0 Å². The van der Waals surface area contributed by atoms with Crippen LogP contribution in [0.2, 0.25) is 0 Å². The highest BCUT2D eigenvalue weighted by Crippen LogP contribution is 2.34. The Hall–Kier alpha value is -0.590. The molecule has 0 aromatic heterocycles. The monoisotopic (exact) mass is 419 g/mol. The Balaban J connectivity index is 2.24. The standard InChI is InChI=1S/C15H19Br2NO3/c1-20-11-5-3-4-10(8-11)18-14-12(15(19)21-2)6-9(16)7-13(14)17/h6-7,10-11,18H,3-5,8H2,1-2H3. The lowest BCUT2D eigenvalue weighted by Gasteiger charge is -2.30. The first kappa shape index (κ1) is 16.8. The summed E-state index contributed by atoms with van der Waals surface area (Å²) in [5, 5.41) is 3.48. The molecule has 1 aliphatic carbocycles. The maximum atomic E-state index is 12.0. The number of esters is 1. The van der Waals surface area contributed by atoms with Crippen LogP contribution in [0.15, 0.2) is 21.1 Å². The van der Waals surface area contributed by atoms with Gasteiger partial charge in [-0.15, -0.1) is 0 Å². The van der Waals surface area contributed by atoms with Crippen molar-refractivity contribution in [2.75, 3.05) is 19.5 Å². The average Bonchev–Trinajstić information content (AvgIpc) is 2.49. The summed E-state index contributed by atoms with van der Waals surface area (Å²) < 4.78 is 12.0. The molecule has 6 heteroatoms. The zero-order valence-electron chi connectivity index (χ0n) is 12.1. The zero-order chi connectivity index (χ0) is 15.4.